The van der Waals surface area contributed by atoms with Gasteiger partial charge in [-0.1, -0.05) is 0 Å². The van der Waals surface area contributed by atoms with Crippen LogP contribution in [-0.4, -0.2) is 88.8 Å². The fraction of sp³-hybridized carbons (Fsp3) is 0.667. The van der Waals surface area contributed by atoms with Crippen LogP contribution in [0.4, 0.5) is 0 Å². The number of carbonyl (C=O) groups excluding carboxylic acids is 6. The molecule has 204 valence electrons. The highest BCUT2D eigenvalue weighted by molar-refractivity contribution is 5.96. The molecule has 0 unspecified atom stereocenters. The van der Waals surface area contributed by atoms with Gasteiger partial charge in [-0.25, -0.2) is 0 Å². The third-order valence-electron chi connectivity index (χ3n) is 4.90. The molecular weight excluding hydrogens is 478 g/mol. The summed E-state index contributed by atoms with van der Waals surface area (Å²) in [6.45, 7) is 9.57. The van der Waals surface area contributed by atoms with Crippen molar-refractivity contribution >= 4 is 41.4 Å². The number of amides is 6. The second-order valence-electron chi connectivity index (χ2n) is 8.51. The number of carbonyl (C=O) groups is 7. The molecule has 0 aromatic heterocycles. The highest BCUT2D eigenvalue weighted by atomic mass is 16.4. The smallest absolute Gasteiger partial charge is 0.325 e. The van der Waals surface area contributed by atoms with Gasteiger partial charge in [0, 0.05) is 0 Å². The first-order valence-electron chi connectivity index (χ1n) is 11.3. The summed E-state index contributed by atoms with van der Waals surface area (Å²) in [7, 11) is 0. The van der Waals surface area contributed by atoms with Gasteiger partial charge in [-0.05, 0) is 48.5 Å². The van der Waals surface area contributed by atoms with E-state index in [0.717, 1.165) is 0 Å². The van der Waals surface area contributed by atoms with Crippen LogP contribution in [0.25, 0.3) is 0 Å². The van der Waals surface area contributed by atoms with E-state index in [1.165, 1.54) is 48.5 Å². The predicted molar refractivity (Wildman–Crippen MR) is 127 cm³/mol. The predicted octanol–water partition coefficient (Wildman–Crippen LogP) is -3.55. The first-order valence-corrected chi connectivity index (χ1v) is 11.3. The van der Waals surface area contributed by atoms with E-state index in [0.29, 0.717) is 0 Å². The molecule has 7 atom stereocenters. The van der Waals surface area contributed by atoms with E-state index < -0.39 is 83.7 Å². The lowest BCUT2D eigenvalue weighted by Crippen LogP contribution is -2.57. The maximum Gasteiger partial charge on any atom is 0.325 e. The zero-order valence-electron chi connectivity index (χ0n) is 21.4. The summed E-state index contributed by atoms with van der Waals surface area (Å²) in [6, 6.07) is -7.20. The molecule has 0 aliphatic carbocycles. The number of carboxylic acid groups (broad SMARTS) is 1. The summed E-state index contributed by atoms with van der Waals surface area (Å²) in [5.41, 5.74) is 5.43. The lowest BCUT2D eigenvalue weighted by molar-refractivity contribution is -0.141. The molecule has 15 nitrogen and oxygen atoms in total. The van der Waals surface area contributed by atoms with Crippen LogP contribution in [0, 0.1) is 0 Å². The third kappa shape index (κ3) is 11.1. The van der Waals surface area contributed by atoms with Crippen LogP contribution in [0.5, 0.6) is 0 Å². The molecule has 0 rings (SSSR count). The molecule has 6 amide bonds. The molecule has 0 bridgehead atoms. The Bertz CT molecular complexity index is 863. The van der Waals surface area contributed by atoms with Crippen molar-refractivity contribution in [3.05, 3.63) is 0 Å². The van der Waals surface area contributed by atoms with Gasteiger partial charge < -0.3 is 42.7 Å². The van der Waals surface area contributed by atoms with Crippen LogP contribution < -0.4 is 37.6 Å². The Balaban J connectivity index is 4.71. The number of aliphatic carboxylic acids is 1. The summed E-state index contributed by atoms with van der Waals surface area (Å²) in [5, 5.41) is 22.9. The Labute approximate surface area is 209 Å². The molecule has 0 aliphatic rings. The van der Waals surface area contributed by atoms with Crippen molar-refractivity contribution in [2.24, 2.45) is 5.73 Å². The second kappa shape index (κ2) is 14.6. The van der Waals surface area contributed by atoms with E-state index in [-0.39, 0.29) is 0 Å². The molecule has 0 saturated carbocycles. The van der Waals surface area contributed by atoms with E-state index in [1.807, 2.05) is 0 Å². The molecule has 0 heterocycles. The molecule has 36 heavy (non-hydrogen) atoms. The molecule has 0 radical (unpaired) electrons. The minimum absolute atomic E-state index is 0.539. The average molecular weight is 516 g/mol. The summed E-state index contributed by atoms with van der Waals surface area (Å²) >= 11 is 0. The fourth-order valence-electron chi connectivity index (χ4n) is 2.43. The Morgan fingerprint density at radius 3 is 0.833 bits per heavy atom. The molecule has 9 N–H and O–H groups in total. The molecule has 0 aromatic carbocycles. The SMILES string of the molecule is C[C@@H](N)C(=O)N[C@H](C)C(=O)N[C@H](C)C(=O)N[C@H](C)C(=O)N[C@H](C)C(=O)N[C@H](C)C(=O)N[C@H](C)C(=O)O. The van der Waals surface area contributed by atoms with Gasteiger partial charge in [0.15, 0.2) is 0 Å². The van der Waals surface area contributed by atoms with Crippen LogP contribution in [0.1, 0.15) is 48.5 Å². The molecule has 15 heteroatoms. The number of hydrogen-bond donors (Lipinski definition) is 8. The topological polar surface area (TPSA) is 238 Å². The summed E-state index contributed by atoms with van der Waals surface area (Å²) in [4.78, 5) is 83.5. The molecular formula is C21H37N7O8. The number of rotatable bonds is 13. The third-order valence-corrected chi connectivity index (χ3v) is 4.90. The zero-order chi connectivity index (χ0) is 28.3. The Morgan fingerprint density at radius 1 is 0.444 bits per heavy atom. The standard InChI is InChI=1S/C21H37N7O8/c1-8(22)15(29)23-9(2)16(30)24-10(3)17(31)25-11(4)18(32)26-12(5)19(33)27-13(6)20(34)28-14(7)21(35)36/h8-14H,22H2,1-7H3,(H,23,29)(H,24,30)(H,25,31)(H,26,32)(H,27,33)(H,28,34)(H,35,36)/t8-,9-,10-,11-,12-,13-,14-/m1/s1. The van der Waals surface area contributed by atoms with Gasteiger partial charge in [0.25, 0.3) is 0 Å². The van der Waals surface area contributed by atoms with Crippen LogP contribution in [0.3, 0.4) is 0 Å². The Kier molecular flexibility index (Phi) is 13.1. The van der Waals surface area contributed by atoms with E-state index in [2.05, 4.69) is 31.9 Å². The first-order chi connectivity index (χ1) is 16.5. The van der Waals surface area contributed by atoms with E-state index in [9.17, 15) is 33.6 Å². The van der Waals surface area contributed by atoms with Crippen LogP contribution in [0.15, 0.2) is 0 Å². The second-order valence-corrected chi connectivity index (χ2v) is 8.51. The van der Waals surface area contributed by atoms with Gasteiger partial charge in [-0.15, -0.1) is 0 Å². The lowest BCUT2D eigenvalue weighted by atomic mass is 10.2. The van der Waals surface area contributed by atoms with Crippen LogP contribution >= 0.6 is 0 Å². The normalized spacial score (nSPS) is 16.4. The maximum atomic E-state index is 12.4. The summed E-state index contributed by atoms with van der Waals surface area (Å²) < 4.78 is 0. The molecule has 0 spiro atoms. The number of carboxylic acids is 1. The van der Waals surface area contributed by atoms with Crippen molar-refractivity contribution in [3.8, 4) is 0 Å². The monoisotopic (exact) mass is 515 g/mol. The van der Waals surface area contributed by atoms with Gasteiger partial charge in [-0.3, -0.25) is 33.6 Å². The number of hydrogen-bond acceptors (Lipinski definition) is 8. The van der Waals surface area contributed by atoms with Crippen molar-refractivity contribution in [2.75, 3.05) is 0 Å². The Hall–Kier alpha value is -3.75. The summed E-state index contributed by atoms with van der Waals surface area (Å²) in [5.74, 6) is -5.25. The Morgan fingerprint density at radius 2 is 0.639 bits per heavy atom. The van der Waals surface area contributed by atoms with Crippen molar-refractivity contribution < 1.29 is 38.7 Å². The van der Waals surface area contributed by atoms with Crippen LogP contribution in [0.2, 0.25) is 0 Å². The van der Waals surface area contributed by atoms with Gasteiger partial charge in [0.1, 0.15) is 36.3 Å². The largest absolute Gasteiger partial charge is 0.480 e. The lowest BCUT2D eigenvalue weighted by Gasteiger charge is -2.22. The molecule has 0 aliphatic heterocycles. The molecule has 0 aromatic rings. The van der Waals surface area contributed by atoms with E-state index in [4.69, 9.17) is 10.8 Å². The molecule has 0 saturated heterocycles. The quantitative estimate of drug-likeness (QED) is 0.121. The minimum Gasteiger partial charge on any atom is -0.480 e. The van der Waals surface area contributed by atoms with Crippen molar-refractivity contribution in [1.29, 1.82) is 0 Å². The van der Waals surface area contributed by atoms with Gasteiger partial charge in [0.2, 0.25) is 35.4 Å². The van der Waals surface area contributed by atoms with E-state index in [1.54, 1.807) is 0 Å². The minimum atomic E-state index is -1.24. The van der Waals surface area contributed by atoms with Gasteiger partial charge in [0.05, 0.1) is 6.04 Å². The van der Waals surface area contributed by atoms with Crippen molar-refractivity contribution in [3.63, 3.8) is 0 Å². The first kappa shape index (κ1) is 32.2. The molecule has 0 fully saturated rings. The maximum absolute atomic E-state index is 12.4. The highest BCUT2D eigenvalue weighted by Crippen LogP contribution is 1.94. The fourth-order valence-corrected chi connectivity index (χ4v) is 2.43. The average Bonchev–Trinajstić information content (AvgIpc) is 2.77. The summed E-state index contributed by atoms with van der Waals surface area (Å²) in [6.07, 6.45) is 0. The van der Waals surface area contributed by atoms with Gasteiger partial charge in [-0.2, -0.15) is 0 Å². The highest BCUT2D eigenvalue weighted by Gasteiger charge is 2.27. The van der Waals surface area contributed by atoms with E-state index >= 15 is 0 Å². The zero-order valence-corrected chi connectivity index (χ0v) is 21.4. The van der Waals surface area contributed by atoms with Crippen molar-refractivity contribution in [2.45, 2.75) is 90.8 Å². The number of nitrogens with two attached hydrogens (primary N) is 1. The van der Waals surface area contributed by atoms with Crippen molar-refractivity contribution in [1.82, 2.24) is 31.9 Å². The van der Waals surface area contributed by atoms with Gasteiger partial charge >= 0.3 is 5.97 Å². The van der Waals surface area contributed by atoms with Crippen LogP contribution in [-0.2, 0) is 33.6 Å². The number of nitrogens with one attached hydrogen (secondary N) is 6.